The molecule has 1 aromatic heterocycles. The topological polar surface area (TPSA) is 96.8 Å². The Morgan fingerprint density at radius 1 is 1.17 bits per heavy atom. The van der Waals surface area contributed by atoms with Crippen LogP contribution in [0.15, 0.2) is 17.6 Å². The van der Waals surface area contributed by atoms with E-state index in [0.717, 1.165) is 64.8 Å². The van der Waals surface area contributed by atoms with Gasteiger partial charge in [-0.05, 0) is 38.5 Å². The molecule has 1 saturated carbocycles. The molecular formula is C20H33N5O4S. The monoisotopic (exact) mass is 439 g/mol. The highest BCUT2D eigenvalue weighted by Gasteiger charge is 2.37. The predicted octanol–water partition coefficient (Wildman–Crippen LogP) is 0.580. The van der Waals surface area contributed by atoms with Crippen molar-refractivity contribution < 1.29 is 17.9 Å². The maximum Gasteiger partial charge on any atom is 0.259 e. The van der Waals surface area contributed by atoms with Crippen LogP contribution in [0.4, 0.5) is 0 Å². The van der Waals surface area contributed by atoms with E-state index in [0.29, 0.717) is 31.1 Å². The van der Waals surface area contributed by atoms with E-state index in [1.165, 1.54) is 12.5 Å². The van der Waals surface area contributed by atoms with Crippen LogP contribution in [0.1, 0.15) is 38.5 Å². The summed E-state index contributed by atoms with van der Waals surface area (Å²) in [5.41, 5.74) is 0. The second kappa shape index (κ2) is 9.33. The Morgan fingerprint density at radius 2 is 1.83 bits per heavy atom. The molecule has 0 aromatic carbocycles. The van der Waals surface area contributed by atoms with E-state index in [1.54, 1.807) is 11.6 Å². The maximum atomic E-state index is 12.5. The lowest BCUT2D eigenvalue weighted by molar-refractivity contribution is -0.134. The van der Waals surface area contributed by atoms with E-state index in [2.05, 4.69) is 14.6 Å². The average Bonchev–Trinajstić information content (AvgIpc) is 3.51. The van der Waals surface area contributed by atoms with Gasteiger partial charge < -0.3 is 14.2 Å². The molecule has 3 aliphatic rings. The fourth-order valence-electron chi connectivity index (χ4n) is 4.60. The molecule has 0 atom stereocenters. The maximum absolute atomic E-state index is 12.5. The molecule has 1 aromatic rings. The third kappa shape index (κ3) is 5.22. The molecule has 0 spiro atoms. The van der Waals surface area contributed by atoms with Crippen molar-refractivity contribution in [2.45, 2.75) is 55.6 Å². The molecule has 168 valence electrons. The summed E-state index contributed by atoms with van der Waals surface area (Å²) in [6, 6.07) is 0.768. The Labute approximate surface area is 178 Å². The Balaban J connectivity index is 1.35. The van der Waals surface area contributed by atoms with Crippen LogP contribution in [-0.4, -0.2) is 85.2 Å². The van der Waals surface area contributed by atoms with Crippen molar-refractivity contribution >= 4 is 15.9 Å². The Hall–Kier alpha value is -1.49. The van der Waals surface area contributed by atoms with Crippen molar-refractivity contribution in [2.24, 2.45) is 13.0 Å². The first-order chi connectivity index (χ1) is 14.4. The van der Waals surface area contributed by atoms with E-state index in [4.69, 9.17) is 4.74 Å². The first-order valence-electron chi connectivity index (χ1n) is 11.0. The number of aromatic nitrogens is 2. The summed E-state index contributed by atoms with van der Waals surface area (Å²) in [5.74, 6) is 0.600. The first kappa shape index (κ1) is 21.7. The number of imidazole rings is 1. The third-order valence-corrected chi connectivity index (χ3v) is 7.80. The molecule has 0 bridgehead atoms. The van der Waals surface area contributed by atoms with Gasteiger partial charge in [-0.2, -0.15) is 0 Å². The summed E-state index contributed by atoms with van der Waals surface area (Å²) in [7, 11) is -1.86. The fourth-order valence-corrected chi connectivity index (χ4v) is 5.60. The van der Waals surface area contributed by atoms with E-state index >= 15 is 0 Å². The molecule has 3 fully saturated rings. The van der Waals surface area contributed by atoms with Crippen molar-refractivity contribution in [2.75, 3.05) is 39.4 Å². The standard InChI is InChI=1S/C20H33N5O4S/c1-23-14-19(21-15-23)30(27,28)22-8-11-25(18-6-12-29-13-7-18)17-4-9-24(10-5-17)20(26)16-2-3-16/h14-18,22H,2-13H2,1H3. The minimum atomic E-state index is -3.61. The van der Waals surface area contributed by atoms with Crippen LogP contribution in [-0.2, 0) is 26.6 Å². The van der Waals surface area contributed by atoms with Gasteiger partial charge in [-0.3, -0.25) is 9.69 Å². The Morgan fingerprint density at radius 3 is 2.43 bits per heavy atom. The summed E-state index contributed by atoms with van der Waals surface area (Å²) in [6.45, 7) is 4.11. The molecule has 0 radical (unpaired) electrons. The predicted molar refractivity (Wildman–Crippen MR) is 111 cm³/mol. The lowest BCUT2D eigenvalue weighted by atomic mass is 9.97. The second-order valence-corrected chi connectivity index (χ2v) is 10.4. The SMILES string of the molecule is Cn1cnc(S(=O)(=O)NCCN(C2CCOCC2)C2CCN(C(=O)C3CC3)CC2)c1. The van der Waals surface area contributed by atoms with Crippen LogP contribution >= 0.6 is 0 Å². The third-order valence-electron chi connectivity index (χ3n) is 6.45. The number of likely N-dealkylation sites (tertiary alicyclic amines) is 1. The van der Waals surface area contributed by atoms with Crippen molar-refractivity contribution in [3.05, 3.63) is 12.5 Å². The molecule has 1 amide bonds. The molecule has 0 unspecified atom stereocenters. The molecule has 9 nitrogen and oxygen atoms in total. The molecule has 3 heterocycles. The van der Waals surface area contributed by atoms with Gasteiger partial charge in [-0.15, -0.1) is 0 Å². The van der Waals surface area contributed by atoms with E-state index in [9.17, 15) is 13.2 Å². The average molecular weight is 440 g/mol. The molecule has 4 rings (SSSR count). The number of carbonyl (C=O) groups excluding carboxylic acids is 1. The zero-order valence-corrected chi connectivity index (χ0v) is 18.5. The van der Waals surface area contributed by atoms with E-state index in [1.807, 2.05) is 4.90 Å². The van der Waals surface area contributed by atoms with Crippen LogP contribution in [0.2, 0.25) is 0 Å². The highest BCUT2D eigenvalue weighted by Crippen LogP contribution is 2.32. The number of carbonyl (C=O) groups is 1. The smallest absolute Gasteiger partial charge is 0.259 e. The first-order valence-corrected chi connectivity index (χ1v) is 12.5. The largest absolute Gasteiger partial charge is 0.381 e. The van der Waals surface area contributed by atoms with Crippen LogP contribution < -0.4 is 4.72 Å². The number of amides is 1. The summed E-state index contributed by atoms with van der Waals surface area (Å²) in [6.07, 6.45) is 8.91. The van der Waals surface area contributed by atoms with Gasteiger partial charge in [0.2, 0.25) is 5.91 Å². The lowest BCUT2D eigenvalue weighted by Gasteiger charge is -2.43. The normalized spacial score (nSPS) is 22.0. The van der Waals surface area contributed by atoms with E-state index < -0.39 is 10.0 Å². The highest BCUT2D eigenvalue weighted by atomic mass is 32.2. The van der Waals surface area contributed by atoms with Gasteiger partial charge in [0, 0.05) is 70.6 Å². The van der Waals surface area contributed by atoms with Gasteiger partial charge in [0.05, 0.1) is 6.33 Å². The molecule has 2 saturated heterocycles. The van der Waals surface area contributed by atoms with Gasteiger partial charge in [-0.1, -0.05) is 0 Å². The summed E-state index contributed by atoms with van der Waals surface area (Å²) in [5, 5.41) is 0.0505. The molecule has 2 aliphatic heterocycles. The minimum absolute atomic E-state index is 0.0505. The quantitative estimate of drug-likeness (QED) is 0.637. The lowest BCUT2D eigenvalue weighted by Crippen LogP contribution is -2.53. The number of nitrogens with zero attached hydrogens (tertiary/aromatic N) is 4. The number of piperidine rings is 1. The van der Waals surface area contributed by atoms with Crippen molar-refractivity contribution in [1.29, 1.82) is 0 Å². The number of hydrogen-bond acceptors (Lipinski definition) is 6. The number of ether oxygens (including phenoxy) is 1. The number of aryl methyl sites for hydroxylation is 1. The molecule has 10 heteroatoms. The van der Waals surface area contributed by atoms with Crippen molar-refractivity contribution in [3.63, 3.8) is 0 Å². The molecular weight excluding hydrogens is 406 g/mol. The molecule has 30 heavy (non-hydrogen) atoms. The molecule has 1 N–H and O–H groups in total. The van der Waals surface area contributed by atoms with Crippen LogP contribution in [0.5, 0.6) is 0 Å². The summed E-state index contributed by atoms with van der Waals surface area (Å²) >= 11 is 0. The minimum Gasteiger partial charge on any atom is -0.381 e. The number of nitrogens with one attached hydrogen (secondary N) is 1. The van der Waals surface area contributed by atoms with Gasteiger partial charge in [0.25, 0.3) is 10.0 Å². The van der Waals surface area contributed by atoms with Crippen molar-refractivity contribution in [3.8, 4) is 0 Å². The Kier molecular flexibility index (Phi) is 6.76. The van der Waals surface area contributed by atoms with Gasteiger partial charge >= 0.3 is 0 Å². The number of rotatable bonds is 8. The van der Waals surface area contributed by atoms with Crippen LogP contribution in [0.3, 0.4) is 0 Å². The van der Waals surface area contributed by atoms with Gasteiger partial charge in [-0.25, -0.2) is 18.1 Å². The zero-order chi connectivity index (χ0) is 21.1. The zero-order valence-electron chi connectivity index (χ0n) is 17.7. The number of sulfonamides is 1. The van der Waals surface area contributed by atoms with Gasteiger partial charge in [0.15, 0.2) is 5.03 Å². The van der Waals surface area contributed by atoms with E-state index in [-0.39, 0.29) is 10.9 Å². The van der Waals surface area contributed by atoms with Gasteiger partial charge in [0.1, 0.15) is 0 Å². The summed E-state index contributed by atoms with van der Waals surface area (Å²) < 4.78 is 34.9. The van der Waals surface area contributed by atoms with Crippen molar-refractivity contribution in [1.82, 2.24) is 24.1 Å². The van der Waals surface area contributed by atoms with Crippen LogP contribution in [0.25, 0.3) is 0 Å². The fraction of sp³-hybridized carbons (Fsp3) is 0.800. The highest BCUT2D eigenvalue weighted by molar-refractivity contribution is 7.89. The summed E-state index contributed by atoms with van der Waals surface area (Å²) in [4.78, 5) is 20.8. The Bertz CT molecular complexity index is 824. The second-order valence-electron chi connectivity index (χ2n) is 8.69. The molecule has 1 aliphatic carbocycles. The van der Waals surface area contributed by atoms with Crippen LogP contribution in [0, 0.1) is 5.92 Å². The number of hydrogen-bond donors (Lipinski definition) is 1.